The van der Waals surface area contributed by atoms with Crippen LogP contribution in [0.5, 0.6) is 0 Å². The van der Waals surface area contributed by atoms with Crippen LogP contribution in [-0.2, 0) is 10.3 Å². The normalized spacial score (nSPS) is 23.2. The molecule has 2 amide bonds. The first-order valence-corrected chi connectivity index (χ1v) is 10.4. The van der Waals surface area contributed by atoms with E-state index in [1.807, 2.05) is 6.07 Å². The van der Waals surface area contributed by atoms with Gasteiger partial charge in [-0.3, -0.25) is 14.9 Å². The van der Waals surface area contributed by atoms with Crippen molar-refractivity contribution in [3.05, 3.63) is 18.0 Å². The van der Waals surface area contributed by atoms with Gasteiger partial charge >= 0.3 is 0 Å². The third-order valence-corrected chi connectivity index (χ3v) is 6.51. The van der Waals surface area contributed by atoms with E-state index in [-0.39, 0.29) is 30.7 Å². The van der Waals surface area contributed by atoms with Crippen LogP contribution in [0.15, 0.2) is 12.3 Å². The number of anilines is 1. The van der Waals surface area contributed by atoms with Gasteiger partial charge in [-0.25, -0.2) is 4.98 Å². The van der Waals surface area contributed by atoms with Crippen molar-refractivity contribution >= 4 is 28.8 Å². The van der Waals surface area contributed by atoms with Gasteiger partial charge in [0.2, 0.25) is 11.9 Å². The summed E-state index contributed by atoms with van der Waals surface area (Å²) in [4.78, 5) is 34.1. The average molecular weight is 399 g/mol. The quantitative estimate of drug-likeness (QED) is 0.721. The summed E-state index contributed by atoms with van der Waals surface area (Å²) < 4.78 is 2.12. The van der Waals surface area contributed by atoms with Gasteiger partial charge < -0.3 is 15.2 Å². The van der Waals surface area contributed by atoms with Gasteiger partial charge in [0.15, 0.2) is 0 Å². The Labute approximate surface area is 170 Å². The van der Waals surface area contributed by atoms with Crippen LogP contribution < -0.4 is 16.0 Å². The number of piperidine rings is 1. The highest BCUT2D eigenvalue weighted by atomic mass is 16.2. The lowest BCUT2D eigenvalue weighted by molar-refractivity contribution is -0.120. The van der Waals surface area contributed by atoms with Gasteiger partial charge in [0.25, 0.3) is 5.91 Å². The lowest BCUT2D eigenvalue weighted by Gasteiger charge is -2.42. The molecule has 1 saturated carbocycles. The number of nitrogens with one attached hydrogen (secondary N) is 3. The Morgan fingerprint density at radius 1 is 1.24 bits per heavy atom. The molecule has 8 heteroatoms. The first kappa shape index (κ1) is 19.8. The molecule has 5 rings (SSSR count). The van der Waals surface area contributed by atoms with Crippen molar-refractivity contribution in [3.8, 4) is 0 Å². The molecular weight excluding hydrogens is 368 g/mol. The van der Waals surface area contributed by atoms with Crippen molar-refractivity contribution in [2.75, 3.05) is 25.0 Å². The summed E-state index contributed by atoms with van der Waals surface area (Å²) in [5.41, 5.74) is 1.28. The molecule has 0 aromatic carbocycles. The largest absolute Gasteiger partial charge is 0.348 e. The molecule has 2 fully saturated rings. The number of aromatic nitrogens is 3. The van der Waals surface area contributed by atoms with Crippen molar-refractivity contribution in [2.45, 2.75) is 57.9 Å². The van der Waals surface area contributed by atoms with Gasteiger partial charge in [-0.1, -0.05) is 26.7 Å². The third kappa shape index (κ3) is 3.39. The van der Waals surface area contributed by atoms with Gasteiger partial charge in [0.1, 0.15) is 11.3 Å². The molecule has 8 nitrogen and oxygen atoms in total. The summed E-state index contributed by atoms with van der Waals surface area (Å²) in [6.45, 7) is 2.30. The Balaban J connectivity index is 0.00000205. The second-order valence-corrected chi connectivity index (χ2v) is 8.34. The van der Waals surface area contributed by atoms with Gasteiger partial charge in [0, 0.05) is 24.7 Å². The zero-order valence-corrected chi connectivity index (χ0v) is 16.0. The van der Waals surface area contributed by atoms with Crippen molar-refractivity contribution in [1.29, 1.82) is 0 Å². The van der Waals surface area contributed by atoms with Crippen molar-refractivity contribution in [3.63, 3.8) is 0 Å². The fraction of sp³-hybridized carbons (Fsp3) is 0.619. The predicted octanol–water partition coefficient (Wildman–Crippen LogP) is 2.41. The number of amides is 2. The van der Waals surface area contributed by atoms with E-state index in [0.29, 0.717) is 24.7 Å². The van der Waals surface area contributed by atoms with Crippen LogP contribution in [0.25, 0.3) is 11.0 Å². The first-order valence-electron chi connectivity index (χ1n) is 10.4. The maximum absolute atomic E-state index is 12.6. The van der Waals surface area contributed by atoms with Crippen LogP contribution in [0.1, 0.15) is 62.9 Å². The molecule has 29 heavy (non-hydrogen) atoms. The first-order chi connectivity index (χ1) is 13.7. The summed E-state index contributed by atoms with van der Waals surface area (Å²) in [5, 5.41) is 10.1. The number of fused-ring (bicyclic) bond motifs is 4. The number of carbonyl (C=O) groups is 2. The Morgan fingerprint density at radius 3 is 2.83 bits per heavy atom. The average Bonchev–Trinajstić information content (AvgIpc) is 3.13. The number of hydrogen-bond donors (Lipinski definition) is 3. The third-order valence-electron chi connectivity index (χ3n) is 6.51. The Morgan fingerprint density at radius 2 is 2.07 bits per heavy atom. The van der Waals surface area contributed by atoms with Crippen molar-refractivity contribution in [1.82, 2.24) is 25.2 Å². The minimum Gasteiger partial charge on any atom is -0.348 e. The smallest absolute Gasteiger partial charge is 0.268 e. The molecule has 0 unspecified atom stereocenters. The highest BCUT2D eigenvalue weighted by Gasteiger charge is 2.41. The minimum atomic E-state index is -0.119. The van der Waals surface area contributed by atoms with Crippen molar-refractivity contribution < 1.29 is 9.59 Å². The molecule has 0 bridgehead atoms. The molecule has 2 aromatic rings. The van der Waals surface area contributed by atoms with E-state index in [9.17, 15) is 9.59 Å². The Kier molecular flexibility index (Phi) is 5.29. The minimum absolute atomic E-state index is 0. The topological polar surface area (TPSA) is 101 Å². The molecule has 1 aliphatic carbocycles. The molecule has 1 atom stereocenters. The molecule has 2 aromatic heterocycles. The lowest BCUT2D eigenvalue weighted by atomic mass is 9.80. The van der Waals surface area contributed by atoms with Gasteiger partial charge in [-0.2, -0.15) is 4.98 Å². The van der Waals surface area contributed by atoms with Crippen LogP contribution in [0, 0.1) is 5.92 Å². The molecular formula is C21H30N6O2. The second kappa shape index (κ2) is 7.74. The monoisotopic (exact) mass is 398 g/mol. The number of rotatable bonds is 2. The van der Waals surface area contributed by atoms with Crippen LogP contribution in [0.4, 0.5) is 5.95 Å². The fourth-order valence-corrected chi connectivity index (χ4v) is 5.01. The van der Waals surface area contributed by atoms with Crippen LogP contribution >= 0.6 is 0 Å². The Bertz CT molecular complexity index is 925. The van der Waals surface area contributed by atoms with Crippen LogP contribution in [0.3, 0.4) is 0 Å². The molecule has 4 heterocycles. The van der Waals surface area contributed by atoms with E-state index in [2.05, 4.69) is 30.5 Å². The lowest BCUT2D eigenvalue weighted by Crippen LogP contribution is -2.52. The zero-order chi connectivity index (χ0) is 19.1. The maximum Gasteiger partial charge on any atom is 0.268 e. The summed E-state index contributed by atoms with van der Waals surface area (Å²) in [7, 11) is 0. The molecule has 1 saturated heterocycles. The summed E-state index contributed by atoms with van der Waals surface area (Å²) in [6, 6.07) is 1.87. The second-order valence-electron chi connectivity index (χ2n) is 8.34. The number of hydrogen-bond acceptors (Lipinski definition) is 5. The van der Waals surface area contributed by atoms with Gasteiger partial charge in [-0.15, -0.1) is 0 Å². The van der Waals surface area contributed by atoms with E-state index >= 15 is 0 Å². The highest BCUT2D eigenvalue weighted by molar-refractivity contribution is 5.99. The molecule has 156 valence electrons. The van der Waals surface area contributed by atoms with E-state index in [1.165, 1.54) is 6.42 Å². The van der Waals surface area contributed by atoms with Crippen molar-refractivity contribution in [2.24, 2.45) is 5.92 Å². The molecule has 3 N–H and O–H groups in total. The predicted molar refractivity (Wildman–Crippen MR) is 112 cm³/mol. The van der Waals surface area contributed by atoms with Gasteiger partial charge in [-0.05, 0) is 38.3 Å². The molecule has 3 aliphatic rings. The van der Waals surface area contributed by atoms with E-state index < -0.39 is 0 Å². The SMILES string of the molecule is C.O=C1NCC2(CCCCC2)n2c1cc1cnc(NC(=O)[C@@H]3CCCNC3)nc12. The van der Waals surface area contributed by atoms with Crippen LogP contribution in [-0.4, -0.2) is 46.0 Å². The summed E-state index contributed by atoms with van der Waals surface area (Å²) in [5.74, 6) is 0.167. The standard InChI is InChI=1S/C20H26N6O2.CH4/c27-17(13-5-4-8-21-10-13)25-19-22-11-14-9-15-18(28)23-12-20(6-2-1-3-7-20)26(15)16(14)24-19;/h9,11,13,21H,1-8,10,12H2,(H,23,28)(H,22,24,25,27);1H4/t13-;/m1./s1. The highest BCUT2D eigenvalue weighted by Crippen LogP contribution is 2.40. The van der Waals surface area contributed by atoms with Gasteiger partial charge in [0.05, 0.1) is 11.5 Å². The van der Waals surface area contributed by atoms with E-state index in [1.54, 1.807) is 6.20 Å². The summed E-state index contributed by atoms with van der Waals surface area (Å²) in [6.07, 6.45) is 9.19. The number of carbonyl (C=O) groups excluding carboxylic acids is 2. The number of nitrogens with zero attached hydrogens (tertiary/aromatic N) is 3. The fourth-order valence-electron chi connectivity index (χ4n) is 5.01. The van der Waals surface area contributed by atoms with E-state index in [4.69, 9.17) is 0 Å². The Hall–Kier alpha value is -2.48. The molecule has 0 radical (unpaired) electrons. The molecule has 1 spiro atoms. The maximum atomic E-state index is 12.6. The zero-order valence-electron chi connectivity index (χ0n) is 16.0. The van der Waals surface area contributed by atoms with E-state index in [0.717, 1.165) is 56.1 Å². The summed E-state index contributed by atoms with van der Waals surface area (Å²) >= 11 is 0. The molecule has 2 aliphatic heterocycles. The van der Waals surface area contributed by atoms with Crippen LogP contribution in [0.2, 0.25) is 0 Å².